The summed E-state index contributed by atoms with van der Waals surface area (Å²) in [6.45, 7) is 1.98. The van der Waals surface area contributed by atoms with Gasteiger partial charge in [0.05, 0.1) is 20.4 Å². The lowest BCUT2D eigenvalue weighted by molar-refractivity contribution is 0.0949. The summed E-state index contributed by atoms with van der Waals surface area (Å²) >= 11 is 13.8. The fourth-order valence-electron chi connectivity index (χ4n) is 1.94. The third-order valence-electron chi connectivity index (χ3n) is 2.89. The summed E-state index contributed by atoms with van der Waals surface area (Å²) in [7, 11) is 0. The van der Waals surface area contributed by atoms with Gasteiger partial charge < -0.3 is 0 Å². The van der Waals surface area contributed by atoms with Gasteiger partial charge in [-0.25, -0.2) is 0 Å². The lowest BCUT2D eigenvalue weighted by Crippen LogP contribution is -2.29. The molecule has 1 aliphatic rings. The molecule has 16 heavy (non-hydrogen) atoms. The van der Waals surface area contributed by atoms with Crippen LogP contribution in [0, 0.1) is 0 Å². The van der Waals surface area contributed by atoms with Crippen molar-refractivity contribution in [1.29, 1.82) is 0 Å². The minimum absolute atomic E-state index is 0.0607. The van der Waals surface area contributed by atoms with Crippen LogP contribution in [-0.2, 0) is 0 Å². The third-order valence-corrected chi connectivity index (χ3v) is 5.04. The number of benzene rings is 1. The van der Waals surface area contributed by atoms with Crippen molar-refractivity contribution in [3.8, 4) is 0 Å². The van der Waals surface area contributed by atoms with E-state index in [1.807, 2.05) is 6.92 Å². The molecular weight excluding hydrogens is 263 g/mol. The molecule has 0 radical (unpaired) electrons. The second kappa shape index (κ2) is 4.59. The Morgan fingerprint density at radius 1 is 1.38 bits per heavy atom. The molecule has 1 saturated heterocycles. The van der Waals surface area contributed by atoms with Crippen LogP contribution in [0.25, 0.3) is 0 Å². The fourth-order valence-corrected chi connectivity index (χ4v) is 3.77. The first-order valence-corrected chi connectivity index (χ1v) is 6.91. The lowest BCUT2D eigenvalue weighted by atomic mass is 9.94. The number of rotatable bonds is 2. The molecule has 1 nitrogen and oxygen atoms in total. The molecule has 1 aromatic carbocycles. The van der Waals surface area contributed by atoms with Crippen LogP contribution in [0.3, 0.4) is 0 Å². The summed E-state index contributed by atoms with van der Waals surface area (Å²) in [5, 5.41) is 0.900. The van der Waals surface area contributed by atoms with Gasteiger partial charge in [0, 0.05) is 0 Å². The molecule has 1 heterocycles. The van der Waals surface area contributed by atoms with E-state index in [9.17, 15) is 4.79 Å². The van der Waals surface area contributed by atoms with Crippen molar-refractivity contribution in [2.24, 2.45) is 0 Å². The zero-order valence-electron chi connectivity index (χ0n) is 8.93. The largest absolute Gasteiger partial charge is 0.293 e. The van der Waals surface area contributed by atoms with Crippen molar-refractivity contribution in [2.75, 3.05) is 5.75 Å². The Bertz CT molecular complexity index is 405. The van der Waals surface area contributed by atoms with Gasteiger partial charge in [-0.2, -0.15) is 0 Å². The van der Waals surface area contributed by atoms with Gasteiger partial charge in [-0.05, 0) is 37.7 Å². The van der Waals surface area contributed by atoms with E-state index >= 15 is 0 Å². The zero-order valence-corrected chi connectivity index (χ0v) is 11.3. The molecule has 1 aromatic rings. The van der Waals surface area contributed by atoms with Crippen molar-refractivity contribution < 1.29 is 4.79 Å². The summed E-state index contributed by atoms with van der Waals surface area (Å²) in [5.74, 6) is 1.09. The highest BCUT2D eigenvalue weighted by Gasteiger charge is 2.39. The van der Waals surface area contributed by atoms with Crippen LogP contribution in [0.1, 0.15) is 30.1 Å². The highest BCUT2D eigenvalue weighted by molar-refractivity contribution is 8.01. The van der Waals surface area contributed by atoms with Gasteiger partial charge in [0.2, 0.25) is 0 Å². The Morgan fingerprint density at radius 3 is 2.50 bits per heavy atom. The predicted molar refractivity (Wildman–Crippen MR) is 70.9 cm³/mol. The first-order valence-electron chi connectivity index (χ1n) is 5.17. The van der Waals surface area contributed by atoms with Crippen molar-refractivity contribution in [2.45, 2.75) is 24.5 Å². The molecule has 2 rings (SSSR count). The Kier molecular flexibility index (Phi) is 3.53. The quantitative estimate of drug-likeness (QED) is 0.741. The van der Waals surface area contributed by atoms with E-state index in [2.05, 4.69) is 0 Å². The van der Waals surface area contributed by atoms with Gasteiger partial charge in [0.25, 0.3) is 0 Å². The molecule has 0 saturated carbocycles. The molecule has 0 N–H and O–H groups in total. The van der Waals surface area contributed by atoms with E-state index in [1.54, 1.807) is 30.0 Å². The highest BCUT2D eigenvalue weighted by atomic mass is 35.5. The summed E-state index contributed by atoms with van der Waals surface area (Å²) < 4.78 is -0.353. The number of halogens is 2. The molecular formula is C12H12Cl2OS. The van der Waals surface area contributed by atoms with Crippen LogP contribution < -0.4 is 0 Å². The van der Waals surface area contributed by atoms with Crippen LogP contribution in [0.4, 0.5) is 0 Å². The molecule has 0 aromatic heterocycles. The second-order valence-electron chi connectivity index (χ2n) is 4.11. The number of carbonyl (C=O) groups excluding carboxylic acids is 1. The van der Waals surface area contributed by atoms with E-state index in [1.165, 1.54) is 0 Å². The molecule has 1 atom stereocenters. The van der Waals surface area contributed by atoms with Crippen LogP contribution in [0.15, 0.2) is 18.2 Å². The number of thioether (sulfide) groups is 1. The highest BCUT2D eigenvalue weighted by Crippen LogP contribution is 2.42. The SMILES string of the molecule is CC1(C(=O)c2c(Cl)cccc2Cl)CCCS1. The maximum absolute atomic E-state index is 12.4. The van der Waals surface area contributed by atoms with Crippen molar-refractivity contribution in [3.63, 3.8) is 0 Å². The normalized spacial score (nSPS) is 24.7. The summed E-state index contributed by atoms with van der Waals surface area (Å²) in [6, 6.07) is 5.18. The number of hydrogen-bond donors (Lipinski definition) is 0. The first-order chi connectivity index (χ1) is 7.54. The molecule has 0 bridgehead atoms. The lowest BCUT2D eigenvalue weighted by Gasteiger charge is -2.22. The average molecular weight is 275 g/mol. The molecule has 0 amide bonds. The molecule has 1 fully saturated rings. The van der Waals surface area contributed by atoms with Crippen molar-refractivity contribution in [3.05, 3.63) is 33.8 Å². The van der Waals surface area contributed by atoms with E-state index < -0.39 is 0 Å². The minimum Gasteiger partial charge on any atom is -0.293 e. The minimum atomic E-state index is -0.353. The maximum Gasteiger partial charge on any atom is 0.181 e. The Balaban J connectivity index is 2.41. The fraction of sp³-hybridized carbons (Fsp3) is 0.417. The van der Waals surface area contributed by atoms with Crippen LogP contribution >= 0.6 is 35.0 Å². The van der Waals surface area contributed by atoms with Crippen LogP contribution in [0.2, 0.25) is 10.0 Å². The first kappa shape index (κ1) is 12.3. The van der Waals surface area contributed by atoms with E-state index in [4.69, 9.17) is 23.2 Å². The van der Waals surface area contributed by atoms with Gasteiger partial charge in [-0.15, -0.1) is 11.8 Å². The predicted octanol–water partition coefficient (Wildman–Crippen LogP) is 4.46. The van der Waals surface area contributed by atoms with Gasteiger partial charge in [-0.1, -0.05) is 29.3 Å². The Labute approximate surface area is 110 Å². The molecule has 1 aliphatic heterocycles. The van der Waals surface area contributed by atoms with Gasteiger partial charge in [0.1, 0.15) is 0 Å². The van der Waals surface area contributed by atoms with Gasteiger partial charge in [-0.3, -0.25) is 4.79 Å². The Hall–Kier alpha value is -0.180. The molecule has 0 spiro atoms. The second-order valence-corrected chi connectivity index (χ2v) is 6.52. The van der Waals surface area contributed by atoms with Gasteiger partial charge >= 0.3 is 0 Å². The Morgan fingerprint density at radius 2 is 2.00 bits per heavy atom. The topological polar surface area (TPSA) is 17.1 Å². The molecule has 4 heteroatoms. The number of carbonyl (C=O) groups is 1. The molecule has 86 valence electrons. The van der Waals surface area contributed by atoms with Gasteiger partial charge in [0.15, 0.2) is 5.78 Å². The number of ketones is 1. The maximum atomic E-state index is 12.4. The zero-order chi connectivity index (χ0) is 11.8. The molecule has 0 aliphatic carbocycles. The number of Topliss-reactive ketones (excluding diaryl/α,β-unsaturated/α-hetero) is 1. The van der Waals surface area contributed by atoms with E-state index in [0.717, 1.165) is 18.6 Å². The van der Waals surface area contributed by atoms with Crippen LogP contribution in [0.5, 0.6) is 0 Å². The number of hydrogen-bond acceptors (Lipinski definition) is 2. The summed E-state index contributed by atoms with van der Waals surface area (Å²) in [5.41, 5.74) is 0.475. The summed E-state index contributed by atoms with van der Waals surface area (Å²) in [6.07, 6.45) is 1.98. The van der Waals surface area contributed by atoms with Crippen molar-refractivity contribution >= 4 is 40.7 Å². The standard InChI is InChI=1S/C12H12Cl2OS/c1-12(6-3-7-16-12)11(15)10-8(13)4-2-5-9(10)14/h2,4-5H,3,6-7H2,1H3. The van der Waals surface area contributed by atoms with Crippen LogP contribution in [-0.4, -0.2) is 16.3 Å². The van der Waals surface area contributed by atoms with E-state index in [-0.39, 0.29) is 10.5 Å². The third kappa shape index (κ3) is 2.11. The summed E-state index contributed by atoms with van der Waals surface area (Å²) in [4.78, 5) is 12.4. The monoisotopic (exact) mass is 274 g/mol. The smallest absolute Gasteiger partial charge is 0.181 e. The molecule has 1 unspecified atom stereocenters. The van der Waals surface area contributed by atoms with Crippen molar-refractivity contribution in [1.82, 2.24) is 0 Å². The average Bonchev–Trinajstić information content (AvgIpc) is 2.66. The van der Waals surface area contributed by atoms with E-state index in [0.29, 0.717) is 15.6 Å².